The van der Waals surface area contributed by atoms with Crippen LogP contribution in [0.25, 0.3) is 11.8 Å². The van der Waals surface area contributed by atoms with Crippen molar-refractivity contribution in [3.05, 3.63) is 95.4 Å². The quantitative estimate of drug-likeness (QED) is 0.223. The fraction of sp³-hybridized carbons (Fsp3) is 0.355. The summed E-state index contributed by atoms with van der Waals surface area (Å²) in [6.45, 7) is 5.60. The Morgan fingerprint density at radius 1 is 1.20 bits per heavy atom. The number of hydrogen-bond donors (Lipinski definition) is 0. The van der Waals surface area contributed by atoms with E-state index >= 15 is 0 Å². The van der Waals surface area contributed by atoms with Gasteiger partial charge in [0.25, 0.3) is 10.0 Å². The third kappa shape index (κ3) is 4.68. The number of benzene rings is 1. The SMILES string of the molecule is C=CC(=NC)S(=O)(=O)N(C1CC1)[C@H]1CCC2=Cc3c(cnn3-c3ccc(F)cc3)C[C@]2(C(=O)c2cc(C)ccn2)C1. The van der Waals surface area contributed by atoms with Crippen molar-refractivity contribution < 1.29 is 17.6 Å². The zero-order chi connectivity index (χ0) is 28.9. The number of aryl methyl sites for hydroxylation is 1. The number of aliphatic imine (C=N–C) groups is 1. The number of carbonyl (C=O) groups excluding carboxylic acids is 1. The van der Waals surface area contributed by atoms with Gasteiger partial charge in [-0.3, -0.25) is 14.8 Å². The maximum Gasteiger partial charge on any atom is 0.260 e. The summed E-state index contributed by atoms with van der Waals surface area (Å²) in [5.74, 6) is -0.441. The van der Waals surface area contributed by atoms with Crippen molar-refractivity contribution in [1.29, 1.82) is 0 Å². The largest absolute Gasteiger partial charge is 0.291 e. The Kier molecular flexibility index (Phi) is 6.86. The number of rotatable bonds is 7. The average molecular weight is 574 g/mol. The first-order valence-electron chi connectivity index (χ1n) is 13.8. The average Bonchev–Trinajstić information content (AvgIpc) is 3.70. The molecule has 2 aromatic heterocycles. The van der Waals surface area contributed by atoms with Gasteiger partial charge < -0.3 is 0 Å². The van der Waals surface area contributed by atoms with Crippen LogP contribution in [0.1, 0.15) is 59.4 Å². The van der Waals surface area contributed by atoms with Crippen LogP contribution in [0.2, 0.25) is 0 Å². The van der Waals surface area contributed by atoms with Crippen molar-refractivity contribution in [2.24, 2.45) is 10.4 Å². The van der Waals surface area contributed by atoms with E-state index in [4.69, 9.17) is 0 Å². The number of fused-ring (bicyclic) bond motifs is 2. The topological polar surface area (TPSA) is 97.5 Å². The van der Waals surface area contributed by atoms with Crippen LogP contribution < -0.4 is 0 Å². The van der Waals surface area contributed by atoms with E-state index in [2.05, 4.69) is 21.7 Å². The molecule has 6 rings (SSSR count). The first-order chi connectivity index (χ1) is 19.7. The maximum atomic E-state index is 14.5. The lowest BCUT2D eigenvalue weighted by atomic mass is 9.60. The van der Waals surface area contributed by atoms with Gasteiger partial charge in [-0.05, 0) is 105 Å². The molecule has 1 aromatic carbocycles. The molecule has 0 saturated heterocycles. The number of nitrogens with zero attached hydrogens (tertiary/aromatic N) is 5. The van der Waals surface area contributed by atoms with Crippen molar-refractivity contribution in [3.63, 3.8) is 0 Å². The molecule has 3 aliphatic rings. The van der Waals surface area contributed by atoms with Crippen LogP contribution in [0.4, 0.5) is 4.39 Å². The van der Waals surface area contributed by atoms with Gasteiger partial charge in [-0.25, -0.2) is 17.5 Å². The molecule has 0 unspecified atom stereocenters. The van der Waals surface area contributed by atoms with E-state index in [9.17, 15) is 17.6 Å². The summed E-state index contributed by atoms with van der Waals surface area (Å²) in [6.07, 6.45) is 10.1. The first-order valence-corrected chi connectivity index (χ1v) is 15.3. The third-order valence-electron chi connectivity index (χ3n) is 8.49. The molecule has 0 aliphatic heterocycles. The Balaban J connectivity index is 1.46. The zero-order valence-electron chi connectivity index (χ0n) is 23.1. The predicted molar refractivity (Wildman–Crippen MR) is 156 cm³/mol. The molecule has 10 heteroatoms. The summed E-state index contributed by atoms with van der Waals surface area (Å²) in [6, 6.07) is 9.28. The predicted octanol–water partition coefficient (Wildman–Crippen LogP) is 5.08. The van der Waals surface area contributed by atoms with Gasteiger partial charge in [-0.1, -0.05) is 12.2 Å². The molecule has 3 aromatic rings. The van der Waals surface area contributed by atoms with E-state index in [1.54, 1.807) is 39.6 Å². The molecule has 8 nitrogen and oxygen atoms in total. The summed E-state index contributed by atoms with van der Waals surface area (Å²) in [4.78, 5) is 23.0. The van der Waals surface area contributed by atoms with Crippen LogP contribution in [0.15, 0.2) is 72.0 Å². The molecular weight excluding hydrogens is 541 g/mol. The highest BCUT2D eigenvalue weighted by Gasteiger charge is 2.54. The lowest BCUT2D eigenvalue weighted by Crippen LogP contribution is -2.52. The third-order valence-corrected chi connectivity index (χ3v) is 10.5. The minimum Gasteiger partial charge on any atom is -0.291 e. The molecule has 2 saturated carbocycles. The lowest BCUT2D eigenvalue weighted by Gasteiger charge is -2.46. The normalized spacial score (nSPS) is 22.6. The monoisotopic (exact) mass is 573 g/mol. The second-order valence-corrected chi connectivity index (χ2v) is 12.9. The molecule has 41 heavy (non-hydrogen) atoms. The second-order valence-electron chi connectivity index (χ2n) is 11.1. The van der Waals surface area contributed by atoms with E-state index in [0.717, 1.165) is 40.9 Å². The molecule has 0 amide bonds. The lowest BCUT2D eigenvalue weighted by molar-refractivity contribution is 0.0734. The van der Waals surface area contributed by atoms with Crippen molar-refractivity contribution in [2.45, 2.75) is 57.5 Å². The number of aromatic nitrogens is 3. The van der Waals surface area contributed by atoms with Crippen LogP contribution in [0, 0.1) is 18.2 Å². The summed E-state index contributed by atoms with van der Waals surface area (Å²) < 4.78 is 44.5. The van der Waals surface area contributed by atoms with Crippen molar-refractivity contribution in [1.82, 2.24) is 19.1 Å². The Labute approximate surface area is 239 Å². The Bertz CT molecular complexity index is 1710. The molecule has 0 spiro atoms. The van der Waals surface area contributed by atoms with Gasteiger partial charge in [-0.2, -0.15) is 9.40 Å². The fourth-order valence-electron chi connectivity index (χ4n) is 6.43. The maximum absolute atomic E-state index is 14.5. The molecule has 0 N–H and O–H groups in total. The van der Waals surface area contributed by atoms with Gasteiger partial charge in [0.1, 0.15) is 11.5 Å². The Hall–Kier alpha value is -3.76. The highest BCUT2D eigenvalue weighted by molar-refractivity contribution is 8.04. The molecule has 0 bridgehead atoms. The van der Waals surface area contributed by atoms with Crippen molar-refractivity contribution >= 4 is 26.9 Å². The van der Waals surface area contributed by atoms with Crippen LogP contribution >= 0.6 is 0 Å². The number of allylic oxidation sites excluding steroid dienone is 1. The number of hydrogen-bond acceptors (Lipinski definition) is 6. The Morgan fingerprint density at radius 3 is 2.61 bits per heavy atom. The van der Waals surface area contributed by atoms with Crippen LogP contribution in [-0.4, -0.2) is 57.4 Å². The van der Waals surface area contributed by atoms with Crippen molar-refractivity contribution in [2.75, 3.05) is 7.05 Å². The van der Waals surface area contributed by atoms with Crippen LogP contribution in [-0.2, 0) is 16.4 Å². The second kappa shape index (κ2) is 10.3. The van der Waals surface area contributed by atoms with Gasteiger partial charge in [-0.15, -0.1) is 0 Å². The summed E-state index contributed by atoms with van der Waals surface area (Å²) in [5.41, 5.74) is 3.71. The zero-order valence-corrected chi connectivity index (χ0v) is 23.9. The number of Topliss-reactive ketones (excluding diaryl/α,β-unsaturated/α-hetero) is 1. The molecule has 3 aliphatic carbocycles. The van der Waals surface area contributed by atoms with Gasteiger partial charge in [0, 0.05) is 25.3 Å². The van der Waals surface area contributed by atoms with Crippen molar-refractivity contribution in [3.8, 4) is 5.69 Å². The van der Waals surface area contributed by atoms with Gasteiger partial charge in [0.15, 0.2) is 10.8 Å². The molecule has 212 valence electrons. The van der Waals surface area contributed by atoms with E-state index in [0.29, 0.717) is 31.4 Å². The summed E-state index contributed by atoms with van der Waals surface area (Å²) in [5, 5.41) is 4.54. The molecule has 2 heterocycles. The van der Waals surface area contributed by atoms with Gasteiger partial charge in [0.2, 0.25) is 0 Å². The number of ketones is 1. The van der Waals surface area contributed by atoms with E-state index in [1.807, 2.05) is 19.1 Å². The van der Waals surface area contributed by atoms with Gasteiger partial charge >= 0.3 is 0 Å². The number of carbonyl (C=O) groups is 1. The molecule has 0 radical (unpaired) electrons. The van der Waals surface area contributed by atoms with E-state index in [-0.39, 0.29) is 28.7 Å². The Morgan fingerprint density at radius 2 is 1.95 bits per heavy atom. The number of pyridine rings is 1. The minimum atomic E-state index is -3.89. The van der Waals surface area contributed by atoms with Crippen LogP contribution in [0.5, 0.6) is 0 Å². The molecule has 2 fully saturated rings. The standard InChI is InChI=1S/C31H32FN5O3S/c1-4-29(33-3)41(39,40)37(25-11-12-25)26-8-5-22-16-28-21(19-35-36(28)24-9-6-23(32)7-10-24)17-31(22,18-26)30(38)27-15-20(2)13-14-34-27/h4,6-7,9-10,13-16,19,25-26H,1,5,8,11-12,17-18H2,2-3H3/t26-,31-/m0/s1. The molecule has 2 atom stereocenters. The smallest absolute Gasteiger partial charge is 0.260 e. The van der Waals surface area contributed by atoms with Gasteiger partial charge in [0.05, 0.1) is 23.0 Å². The molecular formula is C31H32FN5O3S. The fourth-order valence-corrected chi connectivity index (χ4v) is 8.27. The number of sulfonamides is 1. The van der Waals surface area contributed by atoms with Crippen LogP contribution in [0.3, 0.4) is 0 Å². The minimum absolute atomic E-state index is 0.0574. The summed E-state index contributed by atoms with van der Waals surface area (Å²) in [7, 11) is -2.43. The number of halogens is 1. The van der Waals surface area contributed by atoms with E-state index < -0.39 is 15.4 Å². The first kappa shape index (κ1) is 27.4. The summed E-state index contributed by atoms with van der Waals surface area (Å²) >= 11 is 0. The van der Waals surface area contributed by atoms with E-state index in [1.165, 1.54) is 25.3 Å². The highest BCUT2D eigenvalue weighted by Crippen LogP contribution is 2.52. The highest BCUT2D eigenvalue weighted by atomic mass is 32.2.